The zero-order valence-electron chi connectivity index (χ0n) is 16.6. The van der Waals surface area contributed by atoms with Crippen LogP contribution in [0.25, 0.3) is 11.3 Å². The summed E-state index contributed by atoms with van der Waals surface area (Å²) in [7, 11) is 0. The van der Waals surface area contributed by atoms with Crippen LogP contribution in [0.2, 0.25) is 0 Å². The highest BCUT2D eigenvalue weighted by atomic mass is 19.4. The normalized spacial score (nSPS) is 18.6. The minimum atomic E-state index is -4.79. The molecule has 1 aliphatic rings. The lowest BCUT2D eigenvalue weighted by Crippen LogP contribution is -2.22. The minimum absolute atomic E-state index is 0.257. The standard InChI is InChI=1S/C22H20F3N3O4/c23-22(24,25)32-15-6-4-14(5-7-15)27-21(31)13-3-8-18(28-11-19(29)20(30)12-28)16(10-13)17-2-1-9-26-17/h1-10,19-20,26,29-30H,11-12H2,(H,27,31)/t19-,20-/m0/s1. The summed E-state index contributed by atoms with van der Waals surface area (Å²) in [6, 6.07) is 13.5. The van der Waals surface area contributed by atoms with Crippen molar-refractivity contribution in [3.63, 3.8) is 0 Å². The number of aromatic nitrogens is 1. The minimum Gasteiger partial charge on any atom is -0.406 e. The monoisotopic (exact) mass is 447 g/mol. The molecule has 0 spiro atoms. The van der Waals surface area contributed by atoms with Crippen LogP contribution < -0.4 is 15.0 Å². The highest BCUT2D eigenvalue weighted by molar-refractivity contribution is 6.05. The van der Waals surface area contributed by atoms with Crippen molar-refractivity contribution >= 4 is 17.3 Å². The number of carbonyl (C=O) groups excluding carboxylic acids is 1. The number of aliphatic hydroxyl groups excluding tert-OH is 2. The number of anilines is 2. The molecule has 0 unspecified atom stereocenters. The summed E-state index contributed by atoms with van der Waals surface area (Å²) >= 11 is 0. The Morgan fingerprint density at radius 1 is 1.06 bits per heavy atom. The summed E-state index contributed by atoms with van der Waals surface area (Å²) in [6.07, 6.45) is -4.77. The van der Waals surface area contributed by atoms with Crippen LogP contribution in [0.5, 0.6) is 5.75 Å². The van der Waals surface area contributed by atoms with Crippen LogP contribution in [-0.2, 0) is 0 Å². The average Bonchev–Trinajstić information content (AvgIpc) is 3.38. The number of aromatic amines is 1. The van der Waals surface area contributed by atoms with Crippen molar-refractivity contribution in [3.05, 3.63) is 66.4 Å². The van der Waals surface area contributed by atoms with Gasteiger partial charge in [-0.1, -0.05) is 0 Å². The Hall–Kier alpha value is -3.50. The Balaban J connectivity index is 1.56. The molecule has 1 amide bonds. The fourth-order valence-electron chi connectivity index (χ4n) is 3.58. The van der Waals surface area contributed by atoms with Crippen molar-refractivity contribution in [3.8, 4) is 17.0 Å². The number of rotatable bonds is 5. The molecular formula is C22H20F3N3O4. The smallest absolute Gasteiger partial charge is 0.406 e. The number of nitrogens with one attached hydrogen (secondary N) is 2. The highest BCUT2D eigenvalue weighted by Crippen LogP contribution is 2.33. The first-order valence-electron chi connectivity index (χ1n) is 9.76. The van der Waals surface area contributed by atoms with E-state index in [1.165, 1.54) is 12.1 Å². The molecule has 0 saturated carbocycles. The molecule has 4 rings (SSSR count). The van der Waals surface area contributed by atoms with Gasteiger partial charge in [-0.25, -0.2) is 0 Å². The zero-order chi connectivity index (χ0) is 22.9. The van der Waals surface area contributed by atoms with Crippen LogP contribution in [0.3, 0.4) is 0 Å². The Labute approximate surface area is 181 Å². The fraction of sp³-hybridized carbons (Fsp3) is 0.227. The number of hydrogen-bond donors (Lipinski definition) is 4. The summed E-state index contributed by atoms with van der Waals surface area (Å²) in [5.74, 6) is -0.834. The number of aliphatic hydroxyl groups is 2. The molecule has 0 radical (unpaired) electrons. The van der Waals surface area contributed by atoms with E-state index in [4.69, 9.17) is 0 Å². The van der Waals surface area contributed by atoms with Gasteiger partial charge in [0.1, 0.15) is 5.75 Å². The molecule has 2 atom stereocenters. The second kappa shape index (κ2) is 8.56. The van der Waals surface area contributed by atoms with Crippen molar-refractivity contribution in [1.29, 1.82) is 0 Å². The van der Waals surface area contributed by atoms with E-state index >= 15 is 0 Å². The van der Waals surface area contributed by atoms with Crippen LogP contribution in [0.1, 0.15) is 10.4 Å². The van der Waals surface area contributed by atoms with Gasteiger partial charge in [0.25, 0.3) is 5.91 Å². The third-order valence-electron chi connectivity index (χ3n) is 5.09. The summed E-state index contributed by atoms with van der Waals surface area (Å²) in [5, 5.41) is 22.5. The number of carbonyl (C=O) groups is 1. The van der Waals surface area contributed by atoms with Crippen LogP contribution in [-0.4, -0.2) is 52.8 Å². The summed E-state index contributed by atoms with van der Waals surface area (Å²) < 4.78 is 40.7. The number of hydrogen-bond acceptors (Lipinski definition) is 5. The average molecular weight is 447 g/mol. The predicted octanol–water partition coefficient (Wildman–Crippen LogP) is 3.37. The fourth-order valence-corrected chi connectivity index (χ4v) is 3.58. The van der Waals surface area contributed by atoms with Crippen LogP contribution in [0.4, 0.5) is 24.5 Å². The second-order valence-corrected chi connectivity index (χ2v) is 7.38. The van der Waals surface area contributed by atoms with Gasteiger partial charge in [0.2, 0.25) is 0 Å². The maximum Gasteiger partial charge on any atom is 0.573 e. The van der Waals surface area contributed by atoms with E-state index in [0.717, 1.165) is 23.5 Å². The van der Waals surface area contributed by atoms with Gasteiger partial charge in [0.05, 0.1) is 12.2 Å². The Morgan fingerprint density at radius 2 is 1.75 bits per heavy atom. The van der Waals surface area contributed by atoms with Crippen molar-refractivity contribution in [2.45, 2.75) is 18.6 Å². The van der Waals surface area contributed by atoms with E-state index < -0.39 is 24.5 Å². The van der Waals surface area contributed by atoms with E-state index in [1.807, 2.05) is 17.0 Å². The molecule has 168 valence electrons. The Kier molecular flexibility index (Phi) is 5.81. The molecule has 0 aliphatic carbocycles. The van der Waals surface area contributed by atoms with Gasteiger partial charge in [0.15, 0.2) is 0 Å². The van der Waals surface area contributed by atoms with Gasteiger partial charge in [-0.3, -0.25) is 4.79 Å². The molecule has 10 heteroatoms. The molecule has 3 aromatic rings. The van der Waals surface area contributed by atoms with E-state index in [0.29, 0.717) is 16.8 Å². The molecule has 7 nitrogen and oxygen atoms in total. The van der Waals surface area contributed by atoms with Crippen molar-refractivity contribution in [2.24, 2.45) is 0 Å². The van der Waals surface area contributed by atoms with Gasteiger partial charge in [-0.2, -0.15) is 0 Å². The van der Waals surface area contributed by atoms with Crippen LogP contribution in [0, 0.1) is 0 Å². The topological polar surface area (TPSA) is 97.8 Å². The highest BCUT2D eigenvalue weighted by Gasteiger charge is 2.32. The number of H-pyrrole nitrogens is 1. The zero-order valence-corrected chi connectivity index (χ0v) is 16.6. The van der Waals surface area contributed by atoms with Crippen LogP contribution >= 0.6 is 0 Å². The molecule has 1 aromatic heterocycles. The molecule has 1 aliphatic heterocycles. The lowest BCUT2D eigenvalue weighted by atomic mass is 10.0. The summed E-state index contributed by atoms with van der Waals surface area (Å²) in [5.41, 5.74) is 2.83. The lowest BCUT2D eigenvalue weighted by Gasteiger charge is -2.22. The van der Waals surface area contributed by atoms with Crippen molar-refractivity contribution < 1.29 is 32.9 Å². The molecule has 0 bridgehead atoms. The molecule has 1 fully saturated rings. The first-order chi connectivity index (χ1) is 15.2. The van der Waals surface area contributed by atoms with Crippen LogP contribution in [0.15, 0.2) is 60.8 Å². The van der Waals surface area contributed by atoms with Crippen molar-refractivity contribution in [2.75, 3.05) is 23.3 Å². The quantitative estimate of drug-likeness (QED) is 0.481. The molecular weight excluding hydrogens is 427 g/mol. The number of alkyl halides is 3. The summed E-state index contributed by atoms with van der Waals surface area (Å²) in [4.78, 5) is 17.7. The van der Waals surface area contributed by atoms with Crippen molar-refractivity contribution in [1.82, 2.24) is 4.98 Å². The molecule has 1 saturated heterocycles. The first-order valence-corrected chi connectivity index (χ1v) is 9.76. The number of amides is 1. The molecule has 2 heterocycles. The Bertz CT molecular complexity index is 1070. The third kappa shape index (κ3) is 4.87. The van der Waals surface area contributed by atoms with Gasteiger partial charge < -0.3 is 30.2 Å². The Morgan fingerprint density at radius 3 is 2.34 bits per heavy atom. The van der Waals surface area contributed by atoms with Gasteiger partial charge in [-0.05, 0) is 54.6 Å². The third-order valence-corrected chi connectivity index (χ3v) is 5.09. The summed E-state index contributed by atoms with van der Waals surface area (Å²) in [6.45, 7) is 0.513. The number of ether oxygens (including phenoxy) is 1. The number of benzene rings is 2. The van der Waals surface area contributed by atoms with E-state index in [-0.39, 0.29) is 18.8 Å². The van der Waals surface area contributed by atoms with E-state index in [2.05, 4.69) is 15.0 Å². The van der Waals surface area contributed by atoms with Gasteiger partial charge in [-0.15, -0.1) is 13.2 Å². The molecule has 2 aromatic carbocycles. The number of nitrogens with zero attached hydrogens (tertiary/aromatic N) is 1. The largest absolute Gasteiger partial charge is 0.573 e. The van der Waals surface area contributed by atoms with Gasteiger partial charge in [0, 0.05) is 47.5 Å². The van der Waals surface area contributed by atoms with E-state index in [1.54, 1.807) is 24.4 Å². The van der Waals surface area contributed by atoms with Gasteiger partial charge >= 0.3 is 6.36 Å². The SMILES string of the molecule is O=C(Nc1ccc(OC(F)(F)F)cc1)c1ccc(N2C[C@H](O)[C@@H](O)C2)c(-c2ccc[nH]2)c1. The lowest BCUT2D eigenvalue weighted by molar-refractivity contribution is -0.274. The maximum atomic E-state index is 12.8. The second-order valence-electron chi connectivity index (χ2n) is 7.38. The molecule has 4 N–H and O–H groups in total. The maximum absolute atomic E-state index is 12.8. The molecule has 32 heavy (non-hydrogen) atoms. The predicted molar refractivity (Wildman–Crippen MR) is 112 cm³/mol. The number of β-amino-alcohol motifs (C(OH)–C–C–N with tert-alkyl or cyclic N) is 2. The first kappa shape index (κ1) is 21.7. The van der Waals surface area contributed by atoms with E-state index in [9.17, 15) is 28.2 Å². The number of halogens is 3.